The highest BCUT2D eigenvalue weighted by Gasteiger charge is 2.15. The van der Waals surface area contributed by atoms with Gasteiger partial charge in [-0.1, -0.05) is 23.2 Å². The predicted molar refractivity (Wildman–Crippen MR) is 108 cm³/mol. The number of hydrogen-bond donors (Lipinski definition) is 2. The molecule has 0 saturated carbocycles. The van der Waals surface area contributed by atoms with E-state index in [1.165, 1.54) is 24.3 Å². The van der Waals surface area contributed by atoms with E-state index in [-0.39, 0.29) is 10.6 Å². The van der Waals surface area contributed by atoms with Gasteiger partial charge < -0.3 is 5.32 Å². The van der Waals surface area contributed by atoms with Crippen LogP contribution in [-0.4, -0.2) is 14.3 Å². The first-order chi connectivity index (χ1) is 13.2. The first kappa shape index (κ1) is 20.1. The van der Waals surface area contributed by atoms with Crippen molar-refractivity contribution in [3.05, 3.63) is 88.2 Å². The van der Waals surface area contributed by atoms with Gasteiger partial charge in [0.15, 0.2) is 0 Å². The van der Waals surface area contributed by atoms with Gasteiger partial charge in [-0.25, -0.2) is 12.8 Å². The van der Waals surface area contributed by atoms with Crippen molar-refractivity contribution in [2.45, 2.75) is 4.90 Å². The van der Waals surface area contributed by atoms with Crippen LogP contribution in [0.15, 0.2) is 71.6 Å². The summed E-state index contributed by atoms with van der Waals surface area (Å²) in [5.74, 6) is -0.943. The molecule has 28 heavy (non-hydrogen) atoms. The van der Waals surface area contributed by atoms with Gasteiger partial charge in [0.2, 0.25) is 0 Å². The van der Waals surface area contributed by atoms with E-state index >= 15 is 0 Å². The Kier molecular flexibility index (Phi) is 5.88. The zero-order chi connectivity index (χ0) is 20.3. The molecule has 1 amide bonds. The number of anilines is 2. The molecule has 3 rings (SSSR count). The molecule has 0 unspecified atom stereocenters. The van der Waals surface area contributed by atoms with Gasteiger partial charge in [-0.2, -0.15) is 0 Å². The lowest BCUT2D eigenvalue weighted by Crippen LogP contribution is -2.14. The topological polar surface area (TPSA) is 75.3 Å². The van der Waals surface area contributed by atoms with Crippen molar-refractivity contribution in [3.8, 4) is 0 Å². The van der Waals surface area contributed by atoms with Crippen molar-refractivity contribution in [2.75, 3.05) is 10.0 Å². The quantitative estimate of drug-likeness (QED) is 0.575. The van der Waals surface area contributed by atoms with Crippen LogP contribution in [0.4, 0.5) is 15.8 Å². The summed E-state index contributed by atoms with van der Waals surface area (Å²) >= 11 is 11.8. The number of amides is 1. The van der Waals surface area contributed by atoms with Crippen LogP contribution in [0.25, 0.3) is 0 Å². The molecule has 0 heterocycles. The van der Waals surface area contributed by atoms with Gasteiger partial charge in [0.05, 0.1) is 4.90 Å². The monoisotopic (exact) mass is 438 g/mol. The van der Waals surface area contributed by atoms with Gasteiger partial charge in [-0.15, -0.1) is 0 Å². The molecule has 0 spiro atoms. The van der Waals surface area contributed by atoms with Crippen molar-refractivity contribution >= 4 is 50.5 Å². The fourth-order valence-corrected chi connectivity index (χ4v) is 3.93. The first-order valence-electron chi connectivity index (χ1n) is 7.89. The number of rotatable bonds is 5. The summed E-state index contributed by atoms with van der Waals surface area (Å²) < 4.78 is 39.9. The molecule has 3 aromatic rings. The standard InChI is InChI=1S/C19H13Cl2FN2O3S/c20-13-9-14(21)11-17(10-13)23-19(25)12-1-5-16(6-2-12)24-28(26,27)18-7-3-15(22)4-8-18/h1-11,24H,(H,23,25). The lowest BCUT2D eigenvalue weighted by molar-refractivity contribution is 0.102. The molecule has 0 aromatic heterocycles. The summed E-state index contributed by atoms with van der Waals surface area (Å²) in [6.45, 7) is 0. The SMILES string of the molecule is O=C(Nc1cc(Cl)cc(Cl)c1)c1ccc(NS(=O)(=O)c2ccc(F)cc2)cc1. The van der Waals surface area contributed by atoms with E-state index in [0.717, 1.165) is 24.3 Å². The Balaban J connectivity index is 1.72. The molecule has 3 aromatic carbocycles. The normalized spacial score (nSPS) is 11.1. The minimum absolute atomic E-state index is 0.0754. The summed E-state index contributed by atoms with van der Waals surface area (Å²) in [4.78, 5) is 12.2. The van der Waals surface area contributed by atoms with Crippen molar-refractivity contribution in [2.24, 2.45) is 0 Å². The van der Waals surface area contributed by atoms with Crippen molar-refractivity contribution in [3.63, 3.8) is 0 Å². The Bertz CT molecular complexity index is 1100. The van der Waals surface area contributed by atoms with E-state index in [0.29, 0.717) is 21.3 Å². The molecule has 0 saturated heterocycles. The molecule has 5 nitrogen and oxygen atoms in total. The molecule has 0 bridgehead atoms. The molecule has 9 heteroatoms. The van der Waals surface area contributed by atoms with Gasteiger partial charge >= 0.3 is 0 Å². The zero-order valence-electron chi connectivity index (χ0n) is 14.1. The number of hydrogen-bond acceptors (Lipinski definition) is 3. The van der Waals surface area contributed by atoms with Gasteiger partial charge in [-0.05, 0) is 66.7 Å². The van der Waals surface area contributed by atoms with Gasteiger partial charge in [0, 0.05) is 27.0 Å². The van der Waals surface area contributed by atoms with E-state index in [4.69, 9.17) is 23.2 Å². The van der Waals surface area contributed by atoms with Crippen LogP contribution < -0.4 is 10.0 Å². The predicted octanol–water partition coefficient (Wildman–Crippen LogP) is 5.19. The van der Waals surface area contributed by atoms with Gasteiger partial charge in [0.25, 0.3) is 15.9 Å². The molecule has 144 valence electrons. The molecular weight excluding hydrogens is 426 g/mol. The Labute approximate surface area is 171 Å². The van der Waals surface area contributed by atoms with Crippen LogP contribution in [0.5, 0.6) is 0 Å². The number of benzene rings is 3. The molecule has 2 N–H and O–H groups in total. The van der Waals surface area contributed by atoms with Crippen LogP contribution in [-0.2, 0) is 10.0 Å². The van der Waals surface area contributed by atoms with E-state index < -0.39 is 21.7 Å². The largest absolute Gasteiger partial charge is 0.322 e. The number of nitrogens with one attached hydrogen (secondary N) is 2. The van der Waals surface area contributed by atoms with Crippen molar-refractivity contribution in [1.29, 1.82) is 0 Å². The minimum Gasteiger partial charge on any atom is -0.322 e. The van der Waals surface area contributed by atoms with Crippen LogP contribution >= 0.6 is 23.2 Å². The van der Waals surface area contributed by atoms with Crippen LogP contribution in [0.1, 0.15) is 10.4 Å². The molecule has 0 aliphatic carbocycles. The maximum absolute atomic E-state index is 13.0. The smallest absolute Gasteiger partial charge is 0.261 e. The summed E-state index contributed by atoms with van der Waals surface area (Å²) in [7, 11) is -3.87. The Hall–Kier alpha value is -2.61. The van der Waals surface area contributed by atoms with Crippen LogP contribution in [0.2, 0.25) is 10.0 Å². The van der Waals surface area contributed by atoms with Gasteiger partial charge in [0.1, 0.15) is 5.82 Å². The summed E-state index contributed by atoms with van der Waals surface area (Å²) in [5, 5.41) is 3.42. The summed E-state index contributed by atoms with van der Waals surface area (Å²) in [6.07, 6.45) is 0. The van der Waals surface area contributed by atoms with E-state index in [1.54, 1.807) is 18.2 Å². The second-order valence-corrected chi connectivity index (χ2v) is 8.30. The Morgan fingerprint density at radius 2 is 1.39 bits per heavy atom. The van der Waals surface area contributed by atoms with Crippen LogP contribution in [0, 0.1) is 5.82 Å². The molecule has 0 atom stereocenters. The second-order valence-electron chi connectivity index (χ2n) is 5.75. The summed E-state index contributed by atoms with van der Waals surface area (Å²) in [6, 6.07) is 14.9. The minimum atomic E-state index is -3.87. The fraction of sp³-hybridized carbons (Fsp3) is 0. The second kappa shape index (κ2) is 8.18. The van der Waals surface area contributed by atoms with E-state index in [9.17, 15) is 17.6 Å². The van der Waals surface area contributed by atoms with Crippen molar-refractivity contribution in [1.82, 2.24) is 0 Å². The van der Waals surface area contributed by atoms with E-state index in [1.807, 2.05) is 0 Å². The average molecular weight is 439 g/mol. The zero-order valence-corrected chi connectivity index (χ0v) is 16.4. The lowest BCUT2D eigenvalue weighted by atomic mass is 10.2. The highest BCUT2D eigenvalue weighted by Crippen LogP contribution is 2.23. The number of halogens is 3. The maximum atomic E-state index is 13.0. The third-order valence-electron chi connectivity index (χ3n) is 3.64. The fourth-order valence-electron chi connectivity index (χ4n) is 2.35. The molecule has 0 aliphatic heterocycles. The number of carbonyl (C=O) groups is 1. The van der Waals surface area contributed by atoms with Crippen LogP contribution in [0.3, 0.4) is 0 Å². The number of carbonyl (C=O) groups excluding carboxylic acids is 1. The van der Waals surface area contributed by atoms with Crippen molar-refractivity contribution < 1.29 is 17.6 Å². The third-order valence-corrected chi connectivity index (χ3v) is 5.48. The molecule has 0 radical (unpaired) electrons. The summed E-state index contributed by atoms with van der Waals surface area (Å²) in [5.41, 5.74) is 0.996. The third kappa shape index (κ3) is 5.01. The highest BCUT2D eigenvalue weighted by molar-refractivity contribution is 7.92. The Morgan fingerprint density at radius 1 is 0.821 bits per heavy atom. The van der Waals surface area contributed by atoms with Gasteiger partial charge in [-0.3, -0.25) is 9.52 Å². The molecular formula is C19H13Cl2FN2O3S. The molecule has 0 aliphatic rings. The van der Waals surface area contributed by atoms with E-state index in [2.05, 4.69) is 10.0 Å². The first-order valence-corrected chi connectivity index (χ1v) is 10.1. The average Bonchev–Trinajstić information content (AvgIpc) is 2.61. The molecule has 0 fully saturated rings. The maximum Gasteiger partial charge on any atom is 0.261 e. The Morgan fingerprint density at radius 3 is 1.96 bits per heavy atom. The number of sulfonamides is 1. The highest BCUT2D eigenvalue weighted by atomic mass is 35.5. The lowest BCUT2D eigenvalue weighted by Gasteiger charge is -2.10.